The van der Waals surface area contributed by atoms with Crippen LogP contribution >= 0.6 is 0 Å². The summed E-state index contributed by atoms with van der Waals surface area (Å²) in [6.07, 6.45) is 1.83. The number of hydrogen-bond donors (Lipinski definition) is 0. The molecule has 1 unspecified atom stereocenters. The summed E-state index contributed by atoms with van der Waals surface area (Å²) in [4.78, 5) is 7.35. The number of benzene rings is 2. The molecule has 0 aliphatic heterocycles. The molecule has 5 heteroatoms. The van der Waals surface area contributed by atoms with Crippen molar-refractivity contribution < 1.29 is 4.21 Å². The second-order valence-corrected chi connectivity index (χ2v) is 9.50. The summed E-state index contributed by atoms with van der Waals surface area (Å²) in [5.74, 6) is 0. The van der Waals surface area contributed by atoms with Crippen LogP contribution in [0.4, 0.5) is 11.4 Å². The number of aryl methyl sites for hydroxylation is 2. The summed E-state index contributed by atoms with van der Waals surface area (Å²) < 4.78 is 18.4. The molecule has 2 aromatic carbocycles. The summed E-state index contributed by atoms with van der Waals surface area (Å²) in [7, 11) is -0.548. The van der Waals surface area contributed by atoms with Gasteiger partial charge in [-0.05, 0) is 70.0 Å². The van der Waals surface area contributed by atoms with Crippen molar-refractivity contribution in [3.8, 4) is 0 Å². The van der Waals surface area contributed by atoms with Crippen LogP contribution in [0, 0.1) is 13.8 Å². The number of rotatable bonds is 6. The molecule has 2 rings (SSSR count). The molecule has 4 nitrogen and oxygen atoms in total. The van der Waals surface area contributed by atoms with Crippen LogP contribution in [-0.4, -0.2) is 34.3 Å². The first-order valence-corrected chi connectivity index (χ1v) is 10.5. The largest absolute Gasteiger partial charge is 0.366 e. The zero-order chi connectivity index (χ0) is 19.3. The topological polar surface area (TPSA) is 45.0 Å². The Hall–Kier alpha value is -2.14. The lowest BCUT2D eigenvalue weighted by Gasteiger charge is -2.16. The first-order valence-electron chi connectivity index (χ1n) is 8.94. The first-order chi connectivity index (χ1) is 12.3. The highest BCUT2D eigenvalue weighted by Gasteiger charge is 2.18. The molecule has 2 aromatic rings. The number of nitrogens with zero attached hydrogens (tertiary/aromatic N) is 3. The van der Waals surface area contributed by atoms with Gasteiger partial charge in [-0.25, -0.2) is 9.20 Å². The van der Waals surface area contributed by atoms with E-state index in [9.17, 15) is 4.21 Å². The van der Waals surface area contributed by atoms with E-state index in [0.29, 0.717) is 0 Å². The van der Waals surface area contributed by atoms with E-state index in [-0.39, 0.29) is 5.25 Å². The number of hydrogen-bond acceptors (Lipinski definition) is 3. The van der Waals surface area contributed by atoms with Crippen LogP contribution in [0.5, 0.6) is 0 Å². The van der Waals surface area contributed by atoms with Crippen molar-refractivity contribution in [2.75, 3.05) is 13.6 Å². The van der Waals surface area contributed by atoms with E-state index in [1.54, 1.807) is 0 Å². The van der Waals surface area contributed by atoms with E-state index in [2.05, 4.69) is 11.9 Å². The molecule has 0 amide bonds. The molecule has 26 heavy (non-hydrogen) atoms. The minimum atomic E-state index is -2.54. The van der Waals surface area contributed by atoms with Gasteiger partial charge < -0.3 is 4.90 Å². The summed E-state index contributed by atoms with van der Waals surface area (Å²) in [5.41, 5.74) is 3.69. The zero-order valence-electron chi connectivity index (χ0n) is 16.6. The molecule has 0 radical (unpaired) electrons. The van der Waals surface area contributed by atoms with E-state index in [1.165, 1.54) is 0 Å². The molecule has 0 N–H and O–H groups in total. The van der Waals surface area contributed by atoms with Crippen molar-refractivity contribution in [2.45, 2.75) is 44.8 Å². The molecule has 0 spiro atoms. The van der Waals surface area contributed by atoms with Gasteiger partial charge in [0.15, 0.2) is 0 Å². The summed E-state index contributed by atoms with van der Waals surface area (Å²) >= 11 is 0. The van der Waals surface area contributed by atoms with Crippen molar-refractivity contribution in [1.82, 2.24) is 4.90 Å². The van der Waals surface area contributed by atoms with Crippen LogP contribution in [0.1, 0.15) is 31.9 Å². The van der Waals surface area contributed by atoms with Crippen molar-refractivity contribution >= 4 is 27.4 Å². The molecule has 0 aromatic heterocycles. The summed E-state index contributed by atoms with van der Waals surface area (Å²) in [6.45, 7) is 10.9. The van der Waals surface area contributed by atoms with E-state index in [1.807, 2.05) is 88.4 Å². The minimum Gasteiger partial charge on any atom is -0.366 e. The molecule has 0 fully saturated rings. The zero-order valence-corrected chi connectivity index (χ0v) is 17.4. The van der Waals surface area contributed by atoms with E-state index in [0.717, 1.165) is 33.9 Å². The highest BCUT2D eigenvalue weighted by Crippen LogP contribution is 2.32. The Balaban J connectivity index is 2.54. The molecule has 140 valence electrons. The van der Waals surface area contributed by atoms with E-state index in [4.69, 9.17) is 4.36 Å². The lowest BCUT2D eigenvalue weighted by molar-refractivity contribution is 0.552. The van der Waals surface area contributed by atoms with Crippen LogP contribution in [0.3, 0.4) is 0 Å². The standard InChI is InChI=1S/C21H29N3OS/c1-7-24(6)15-22-20-13-18(5)21(14-17(20)4)23-26(25,16(2)3)19-11-9-8-10-12-19/h8-16H,7H2,1-6H3. The quantitative estimate of drug-likeness (QED) is 0.498. The van der Waals surface area contributed by atoms with Crippen LogP contribution in [0.25, 0.3) is 0 Å². The van der Waals surface area contributed by atoms with Crippen LogP contribution < -0.4 is 0 Å². The Labute approximate surface area is 158 Å². The first kappa shape index (κ1) is 20.2. The predicted molar refractivity (Wildman–Crippen MR) is 112 cm³/mol. The Kier molecular flexibility index (Phi) is 6.59. The maximum Gasteiger partial charge on any atom is 0.0909 e. The maximum atomic E-state index is 13.7. The fraction of sp³-hybridized carbons (Fsp3) is 0.381. The highest BCUT2D eigenvalue weighted by atomic mass is 32.2. The van der Waals surface area contributed by atoms with Crippen molar-refractivity contribution in [1.29, 1.82) is 0 Å². The average molecular weight is 372 g/mol. The molecule has 0 saturated carbocycles. The Morgan fingerprint density at radius 2 is 1.65 bits per heavy atom. The molecule has 0 aliphatic carbocycles. The van der Waals surface area contributed by atoms with Gasteiger partial charge in [0, 0.05) is 23.7 Å². The number of aliphatic imine (C=N–C) groups is 1. The molecule has 1 atom stereocenters. The third-order valence-electron chi connectivity index (χ3n) is 4.36. The Bertz CT molecular complexity index is 895. The summed E-state index contributed by atoms with van der Waals surface area (Å²) in [6, 6.07) is 13.5. The lowest BCUT2D eigenvalue weighted by atomic mass is 10.1. The van der Waals surface area contributed by atoms with Crippen LogP contribution in [-0.2, 0) is 9.73 Å². The van der Waals surface area contributed by atoms with Crippen molar-refractivity contribution in [3.05, 3.63) is 53.6 Å². The van der Waals surface area contributed by atoms with E-state index >= 15 is 0 Å². The van der Waals surface area contributed by atoms with Gasteiger partial charge in [0.1, 0.15) is 0 Å². The fourth-order valence-corrected chi connectivity index (χ4v) is 4.35. The van der Waals surface area contributed by atoms with Crippen LogP contribution in [0.2, 0.25) is 0 Å². The molecular formula is C21H29N3OS. The van der Waals surface area contributed by atoms with Gasteiger partial charge in [-0.15, -0.1) is 0 Å². The molecule has 0 aliphatic rings. The Morgan fingerprint density at radius 3 is 2.23 bits per heavy atom. The third kappa shape index (κ3) is 4.52. The molecule has 0 bridgehead atoms. The third-order valence-corrected chi connectivity index (χ3v) is 7.05. The minimum absolute atomic E-state index is 0.0829. The van der Waals surface area contributed by atoms with E-state index < -0.39 is 9.73 Å². The Morgan fingerprint density at radius 1 is 1.08 bits per heavy atom. The normalized spacial score (nSPS) is 13.8. The van der Waals surface area contributed by atoms with Crippen molar-refractivity contribution in [3.63, 3.8) is 0 Å². The molecule has 0 heterocycles. The van der Waals surface area contributed by atoms with Gasteiger partial charge in [0.2, 0.25) is 0 Å². The SMILES string of the molecule is CCN(C)C=Nc1cc(C)c(N=S(=O)(c2ccccc2)C(C)C)cc1C. The lowest BCUT2D eigenvalue weighted by Crippen LogP contribution is -2.14. The van der Waals surface area contributed by atoms with Gasteiger partial charge in [0.05, 0.1) is 27.4 Å². The monoisotopic (exact) mass is 371 g/mol. The highest BCUT2D eigenvalue weighted by molar-refractivity contribution is 7.94. The predicted octanol–water partition coefficient (Wildman–Crippen LogP) is 5.48. The van der Waals surface area contributed by atoms with Gasteiger partial charge in [-0.1, -0.05) is 18.2 Å². The average Bonchev–Trinajstić information content (AvgIpc) is 2.63. The molecule has 0 saturated heterocycles. The van der Waals surface area contributed by atoms with Gasteiger partial charge in [0.25, 0.3) is 0 Å². The van der Waals surface area contributed by atoms with Gasteiger partial charge in [-0.2, -0.15) is 4.36 Å². The van der Waals surface area contributed by atoms with Gasteiger partial charge >= 0.3 is 0 Å². The second-order valence-electron chi connectivity index (χ2n) is 6.76. The van der Waals surface area contributed by atoms with Crippen molar-refractivity contribution in [2.24, 2.45) is 9.36 Å². The summed E-state index contributed by atoms with van der Waals surface area (Å²) in [5, 5.41) is -0.0829. The fourth-order valence-electron chi connectivity index (χ4n) is 2.46. The second kappa shape index (κ2) is 8.49. The molecular weight excluding hydrogens is 342 g/mol. The van der Waals surface area contributed by atoms with Gasteiger partial charge in [-0.3, -0.25) is 0 Å². The maximum absolute atomic E-state index is 13.7. The smallest absolute Gasteiger partial charge is 0.0909 e. The van der Waals surface area contributed by atoms with Crippen LogP contribution in [0.15, 0.2) is 56.7 Å².